The second kappa shape index (κ2) is 3.90. The minimum Gasteiger partial charge on any atom is -0.384 e. The van der Waals surface area contributed by atoms with Gasteiger partial charge in [0.05, 0.1) is 10.2 Å². The third kappa shape index (κ3) is 1.74. The molecule has 0 aliphatic carbocycles. The summed E-state index contributed by atoms with van der Waals surface area (Å²) in [5, 5.41) is 6.15. The predicted octanol–water partition coefficient (Wildman–Crippen LogP) is 2.23. The molecule has 0 amide bonds. The number of thiazole rings is 1. The summed E-state index contributed by atoms with van der Waals surface area (Å²) in [6.07, 6.45) is 1.70. The summed E-state index contributed by atoms with van der Waals surface area (Å²) in [5.41, 5.74) is 7.16. The molecule has 0 aliphatic heterocycles. The molecule has 2 aromatic rings. The lowest BCUT2D eigenvalue weighted by molar-refractivity contribution is 1.00. The first-order valence-electron chi connectivity index (χ1n) is 4.56. The van der Waals surface area contributed by atoms with Crippen molar-refractivity contribution in [3.8, 4) is 0 Å². The molecule has 0 aromatic carbocycles. The molecule has 2 rings (SSSR count). The number of nitrogens with two attached hydrogens (primary N) is 1. The Labute approximate surface area is 96.9 Å². The quantitative estimate of drug-likeness (QED) is 0.652. The van der Waals surface area contributed by atoms with Crippen molar-refractivity contribution in [1.29, 1.82) is 0 Å². The van der Waals surface area contributed by atoms with Crippen LogP contribution < -0.4 is 10.7 Å². The Bertz CT molecular complexity index is 559. The van der Waals surface area contributed by atoms with Crippen LogP contribution in [0.4, 0.5) is 10.9 Å². The van der Waals surface area contributed by atoms with E-state index in [1.165, 1.54) is 11.3 Å². The summed E-state index contributed by atoms with van der Waals surface area (Å²) >= 11 is 1.47. The van der Waals surface area contributed by atoms with Crippen molar-refractivity contribution in [2.24, 2.45) is 5.10 Å². The molecule has 16 heavy (non-hydrogen) atoms. The van der Waals surface area contributed by atoms with E-state index in [-0.39, 0.29) is 0 Å². The largest absolute Gasteiger partial charge is 0.384 e. The molecule has 0 unspecified atom stereocenters. The molecule has 2 aromatic heterocycles. The van der Waals surface area contributed by atoms with Crippen molar-refractivity contribution < 1.29 is 0 Å². The molecule has 0 atom stereocenters. The van der Waals surface area contributed by atoms with E-state index in [0.29, 0.717) is 10.9 Å². The number of hydrogen-bond acceptors (Lipinski definition) is 6. The number of aromatic nitrogens is 2. The topological polar surface area (TPSA) is 67.4 Å². The normalized spacial score (nSPS) is 10.3. The van der Waals surface area contributed by atoms with Crippen molar-refractivity contribution >= 4 is 39.2 Å². The van der Waals surface area contributed by atoms with Crippen LogP contribution in [0.3, 0.4) is 0 Å². The van der Waals surface area contributed by atoms with Crippen LogP contribution >= 0.6 is 11.3 Å². The average molecular weight is 233 g/mol. The maximum Gasteiger partial charge on any atom is 0.211 e. The molecule has 2 N–H and O–H groups in total. The number of rotatable bonds is 3. The molecule has 0 radical (unpaired) electrons. The highest BCUT2D eigenvalue weighted by Crippen LogP contribution is 2.30. The zero-order valence-corrected chi connectivity index (χ0v) is 9.66. The lowest BCUT2D eigenvalue weighted by Crippen LogP contribution is -2.10. The smallest absolute Gasteiger partial charge is 0.211 e. The van der Waals surface area contributed by atoms with Crippen LogP contribution in [0.15, 0.2) is 29.6 Å². The van der Waals surface area contributed by atoms with Crippen molar-refractivity contribution in [3.05, 3.63) is 24.5 Å². The molecular formula is C10H11N5S. The third-order valence-corrected chi connectivity index (χ3v) is 2.95. The summed E-state index contributed by atoms with van der Waals surface area (Å²) in [4.78, 5) is 8.41. The maximum absolute atomic E-state index is 5.59. The van der Waals surface area contributed by atoms with Gasteiger partial charge in [-0.1, -0.05) is 17.9 Å². The number of pyridine rings is 1. The fraction of sp³-hybridized carbons (Fsp3) is 0.100. The average Bonchev–Trinajstić information content (AvgIpc) is 2.60. The molecule has 82 valence electrons. The van der Waals surface area contributed by atoms with Crippen molar-refractivity contribution in [3.63, 3.8) is 0 Å². The van der Waals surface area contributed by atoms with Gasteiger partial charge in [0.2, 0.25) is 5.13 Å². The Morgan fingerprint density at radius 2 is 2.38 bits per heavy atom. The van der Waals surface area contributed by atoms with Gasteiger partial charge in [-0.25, -0.2) is 15.0 Å². The highest BCUT2D eigenvalue weighted by Gasteiger charge is 2.11. The van der Waals surface area contributed by atoms with Crippen LogP contribution in [0.1, 0.15) is 6.92 Å². The van der Waals surface area contributed by atoms with E-state index in [2.05, 4.69) is 28.4 Å². The van der Waals surface area contributed by atoms with Gasteiger partial charge < -0.3 is 5.73 Å². The van der Waals surface area contributed by atoms with Crippen LogP contribution in [-0.4, -0.2) is 16.7 Å². The van der Waals surface area contributed by atoms with Gasteiger partial charge in [-0.05, 0) is 6.92 Å². The minimum absolute atomic E-state index is 0.456. The minimum atomic E-state index is 0.456. The number of nitrogen functional groups attached to an aromatic ring is 1. The molecule has 0 fully saturated rings. The van der Waals surface area contributed by atoms with Crippen LogP contribution in [0.2, 0.25) is 0 Å². The lowest BCUT2D eigenvalue weighted by Gasteiger charge is -2.13. The molecular weight excluding hydrogens is 222 g/mol. The fourth-order valence-corrected chi connectivity index (χ4v) is 2.23. The maximum atomic E-state index is 5.59. The molecule has 0 saturated carbocycles. The molecule has 0 saturated heterocycles. The number of allylic oxidation sites excluding steroid dienone is 1. The SMILES string of the molecule is C=NN(C(=C)C)c1nc2cc(N)ncc2s1. The first-order valence-corrected chi connectivity index (χ1v) is 5.38. The van der Waals surface area contributed by atoms with E-state index < -0.39 is 0 Å². The predicted molar refractivity (Wildman–Crippen MR) is 68.7 cm³/mol. The molecule has 0 spiro atoms. The van der Waals surface area contributed by atoms with Gasteiger partial charge in [-0.2, -0.15) is 5.10 Å². The first kappa shape index (κ1) is 10.6. The van der Waals surface area contributed by atoms with Gasteiger partial charge in [0.25, 0.3) is 0 Å². The summed E-state index contributed by atoms with van der Waals surface area (Å²) in [6.45, 7) is 9.14. The van der Waals surface area contributed by atoms with E-state index in [1.807, 2.05) is 6.92 Å². The Balaban J connectivity index is 2.54. The van der Waals surface area contributed by atoms with Crippen molar-refractivity contribution in [2.75, 3.05) is 10.7 Å². The zero-order valence-electron chi connectivity index (χ0n) is 8.84. The summed E-state index contributed by atoms with van der Waals surface area (Å²) in [7, 11) is 0. The van der Waals surface area contributed by atoms with E-state index in [1.54, 1.807) is 17.3 Å². The molecule has 0 bridgehead atoms. The van der Waals surface area contributed by atoms with Crippen molar-refractivity contribution in [1.82, 2.24) is 9.97 Å². The Hall–Kier alpha value is -1.95. The number of anilines is 2. The summed E-state index contributed by atoms with van der Waals surface area (Å²) in [5.74, 6) is 0.456. The van der Waals surface area contributed by atoms with Gasteiger partial charge in [-0.15, -0.1) is 0 Å². The van der Waals surface area contributed by atoms with Crippen LogP contribution in [-0.2, 0) is 0 Å². The van der Waals surface area contributed by atoms with Gasteiger partial charge in [0.15, 0.2) is 0 Å². The lowest BCUT2D eigenvalue weighted by atomic mass is 10.4. The van der Waals surface area contributed by atoms with Gasteiger partial charge in [-0.3, -0.25) is 0 Å². The standard InChI is InChI=1S/C10H11N5S/c1-6(2)15(12-3)10-14-7-4-9(11)13-5-8(7)16-10/h4-5H,1,3H2,2H3,(H2,11,13). The van der Waals surface area contributed by atoms with Crippen LogP contribution in [0.25, 0.3) is 10.2 Å². The second-order valence-corrected chi connectivity index (χ2v) is 4.27. The van der Waals surface area contributed by atoms with Gasteiger partial charge in [0, 0.05) is 24.7 Å². The van der Waals surface area contributed by atoms with Crippen LogP contribution in [0.5, 0.6) is 0 Å². The Morgan fingerprint density at radius 3 is 3.00 bits per heavy atom. The highest BCUT2D eigenvalue weighted by atomic mass is 32.1. The highest BCUT2D eigenvalue weighted by molar-refractivity contribution is 7.22. The Kier molecular flexibility index (Phi) is 2.57. The second-order valence-electron chi connectivity index (χ2n) is 3.26. The third-order valence-electron chi connectivity index (χ3n) is 1.97. The number of fused-ring (bicyclic) bond motifs is 1. The van der Waals surface area contributed by atoms with Gasteiger partial charge in [0.1, 0.15) is 5.82 Å². The zero-order chi connectivity index (χ0) is 11.7. The van der Waals surface area contributed by atoms with E-state index in [9.17, 15) is 0 Å². The molecule has 5 nitrogen and oxygen atoms in total. The first-order chi connectivity index (χ1) is 7.61. The van der Waals surface area contributed by atoms with Crippen LogP contribution in [0, 0.1) is 0 Å². The van der Waals surface area contributed by atoms with E-state index >= 15 is 0 Å². The Morgan fingerprint density at radius 1 is 1.62 bits per heavy atom. The number of hydrazone groups is 1. The summed E-state index contributed by atoms with van der Waals surface area (Å²) in [6, 6.07) is 1.73. The van der Waals surface area contributed by atoms with E-state index in [0.717, 1.165) is 15.9 Å². The monoisotopic (exact) mass is 233 g/mol. The fourth-order valence-electron chi connectivity index (χ4n) is 1.27. The number of hydrogen-bond donors (Lipinski definition) is 1. The van der Waals surface area contributed by atoms with Crippen molar-refractivity contribution in [2.45, 2.75) is 6.92 Å². The summed E-state index contributed by atoms with van der Waals surface area (Å²) < 4.78 is 0.958. The molecule has 0 aliphatic rings. The number of nitrogens with zero attached hydrogens (tertiary/aromatic N) is 4. The molecule has 6 heteroatoms. The molecule has 2 heterocycles. The van der Waals surface area contributed by atoms with Gasteiger partial charge >= 0.3 is 0 Å². The van der Waals surface area contributed by atoms with E-state index in [4.69, 9.17) is 5.73 Å².